The van der Waals surface area contributed by atoms with E-state index in [-0.39, 0.29) is 11.5 Å². The topological polar surface area (TPSA) is 97.6 Å². The van der Waals surface area contributed by atoms with E-state index in [9.17, 15) is 9.59 Å². The molecule has 0 atom stereocenters. The summed E-state index contributed by atoms with van der Waals surface area (Å²) in [6.07, 6.45) is 0.874. The molecule has 0 saturated heterocycles. The Hall–Kier alpha value is -4.24. The summed E-state index contributed by atoms with van der Waals surface area (Å²) in [5.74, 6) is 0.516. The van der Waals surface area contributed by atoms with Crippen LogP contribution in [0.25, 0.3) is 15.9 Å². The molecule has 9 heteroatoms. The lowest BCUT2D eigenvalue weighted by atomic mass is 10.1. The van der Waals surface area contributed by atoms with E-state index in [1.165, 1.54) is 15.9 Å². The number of carbonyl (C=O) groups is 1. The van der Waals surface area contributed by atoms with Gasteiger partial charge in [0.05, 0.1) is 18.0 Å². The Labute approximate surface area is 205 Å². The van der Waals surface area contributed by atoms with Crippen LogP contribution in [0.5, 0.6) is 5.75 Å². The van der Waals surface area contributed by atoms with E-state index in [2.05, 4.69) is 33.7 Å². The van der Waals surface area contributed by atoms with Crippen LogP contribution in [0.3, 0.4) is 0 Å². The zero-order valence-electron chi connectivity index (χ0n) is 19.2. The number of nitrogens with one attached hydrogen (secondary N) is 2. The number of para-hydroxylation sites is 1. The van der Waals surface area contributed by atoms with E-state index in [0.29, 0.717) is 33.1 Å². The van der Waals surface area contributed by atoms with Gasteiger partial charge in [-0.1, -0.05) is 48.6 Å². The maximum absolute atomic E-state index is 13.0. The molecule has 2 heterocycles. The first-order chi connectivity index (χ1) is 17.1. The predicted molar refractivity (Wildman–Crippen MR) is 138 cm³/mol. The normalized spacial score (nSPS) is 11.0. The van der Waals surface area contributed by atoms with Crippen LogP contribution < -0.4 is 20.9 Å². The first-order valence-electron chi connectivity index (χ1n) is 11.2. The van der Waals surface area contributed by atoms with Gasteiger partial charge in [0.25, 0.3) is 11.5 Å². The van der Waals surface area contributed by atoms with E-state index in [0.717, 1.165) is 29.0 Å². The third kappa shape index (κ3) is 4.58. The van der Waals surface area contributed by atoms with Crippen LogP contribution in [-0.2, 0) is 13.0 Å². The van der Waals surface area contributed by atoms with Gasteiger partial charge in [-0.2, -0.15) is 4.52 Å². The Bertz CT molecular complexity index is 1590. The van der Waals surface area contributed by atoms with E-state index in [1.54, 1.807) is 25.3 Å². The number of ether oxygens (including phenoxy) is 1. The number of rotatable bonds is 7. The van der Waals surface area contributed by atoms with Gasteiger partial charge in [-0.15, -0.1) is 5.10 Å². The maximum atomic E-state index is 13.0. The molecule has 8 nitrogen and oxygen atoms in total. The van der Waals surface area contributed by atoms with Crippen LogP contribution in [-0.4, -0.2) is 27.6 Å². The predicted octanol–water partition coefficient (Wildman–Crippen LogP) is 4.55. The average molecular weight is 486 g/mol. The molecule has 0 radical (unpaired) electrons. The Kier molecular flexibility index (Phi) is 6.15. The highest BCUT2D eigenvalue weighted by Gasteiger charge is 2.14. The number of methoxy groups -OCH3 is 1. The Morgan fingerprint density at radius 1 is 1.09 bits per heavy atom. The number of aromatic nitrogens is 3. The van der Waals surface area contributed by atoms with Gasteiger partial charge in [-0.05, 0) is 53.9 Å². The second-order valence-corrected chi connectivity index (χ2v) is 8.87. The number of aryl methyl sites for hydroxylation is 1. The van der Waals surface area contributed by atoms with Crippen molar-refractivity contribution in [2.75, 3.05) is 12.4 Å². The summed E-state index contributed by atoms with van der Waals surface area (Å²) in [7, 11) is 1.61. The van der Waals surface area contributed by atoms with E-state index in [4.69, 9.17) is 4.74 Å². The molecule has 0 aliphatic rings. The molecule has 0 bridgehead atoms. The second-order valence-electron chi connectivity index (χ2n) is 7.92. The van der Waals surface area contributed by atoms with Gasteiger partial charge in [-0.25, -0.2) is 4.98 Å². The number of hydrogen-bond acceptors (Lipinski definition) is 7. The lowest BCUT2D eigenvalue weighted by molar-refractivity contribution is 0.0951. The van der Waals surface area contributed by atoms with Crippen LogP contribution in [0.4, 0.5) is 10.8 Å². The molecule has 176 valence electrons. The van der Waals surface area contributed by atoms with Crippen LogP contribution >= 0.6 is 11.3 Å². The van der Waals surface area contributed by atoms with Crippen LogP contribution in [0.2, 0.25) is 0 Å². The molecule has 35 heavy (non-hydrogen) atoms. The second kappa shape index (κ2) is 9.55. The number of hydrogen-bond donors (Lipinski definition) is 2. The molecule has 0 fully saturated rings. The molecule has 0 spiro atoms. The zero-order chi connectivity index (χ0) is 24.4. The molecular weight excluding hydrogens is 462 g/mol. The smallest absolute Gasteiger partial charge is 0.283 e. The van der Waals surface area contributed by atoms with Crippen molar-refractivity contribution in [3.05, 3.63) is 93.8 Å². The number of nitrogens with zero attached hydrogens (tertiary/aromatic N) is 3. The molecule has 3 aromatic carbocycles. The SMILES string of the molecule is CCc1ccccc1Nc1nn2c(=O)c3ccc(C(=O)NCc4ccc(OC)cc4)cc3nc2s1. The van der Waals surface area contributed by atoms with Crippen molar-refractivity contribution in [3.63, 3.8) is 0 Å². The summed E-state index contributed by atoms with van der Waals surface area (Å²) in [4.78, 5) is 30.8. The van der Waals surface area contributed by atoms with Crippen LogP contribution in [0.15, 0.2) is 71.5 Å². The summed E-state index contributed by atoms with van der Waals surface area (Å²) in [6.45, 7) is 2.46. The summed E-state index contributed by atoms with van der Waals surface area (Å²) in [5.41, 5.74) is 3.67. The van der Waals surface area contributed by atoms with Crippen molar-refractivity contribution in [2.24, 2.45) is 0 Å². The quantitative estimate of drug-likeness (QED) is 0.351. The average Bonchev–Trinajstić information content (AvgIpc) is 3.30. The number of anilines is 2. The van der Waals surface area contributed by atoms with Gasteiger partial charge >= 0.3 is 0 Å². The molecule has 0 unspecified atom stereocenters. The van der Waals surface area contributed by atoms with Crippen LogP contribution in [0.1, 0.15) is 28.4 Å². The summed E-state index contributed by atoms with van der Waals surface area (Å²) in [6, 6.07) is 20.4. The van der Waals surface area contributed by atoms with Crippen molar-refractivity contribution >= 4 is 43.9 Å². The molecule has 2 aromatic heterocycles. The van der Waals surface area contributed by atoms with Gasteiger partial charge in [0.1, 0.15) is 5.75 Å². The monoisotopic (exact) mass is 485 g/mol. The van der Waals surface area contributed by atoms with Crippen LogP contribution in [0, 0.1) is 0 Å². The summed E-state index contributed by atoms with van der Waals surface area (Å²) in [5, 5.41) is 11.6. The molecule has 0 aliphatic carbocycles. The standard InChI is InChI=1S/C26H23N5O3S/c1-3-17-6-4-5-7-21(17)28-25-30-31-24(33)20-13-10-18(14-22(20)29-26(31)35-25)23(32)27-15-16-8-11-19(34-2)12-9-16/h4-14H,3,15H2,1-2H3,(H,27,32)(H,28,30). The molecule has 2 N–H and O–H groups in total. The highest BCUT2D eigenvalue weighted by molar-refractivity contribution is 7.20. The van der Waals surface area contributed by atoms with Crippen molar-refractivity contribution in [1.82, 2.24) is 19.9 Å². The molecule has 5 aromatic rings. The van der Waals surface area contributed by atoms with Crippen molar-refractivity contribution in [2.45, 2.75) is 19.9 Å². The van der Waals surface area contributed by atoms with E-state index in [1.807, 2.05) is 42.5 Å². The molecule has 0 aliphatic heterocycles. The highest BCUT2D eigenvalue weighted by Crippen LogP contribution is 2.25. The lowest BCUT2D eigenvalue weighted by Gasteiger charge is -2.07. The third-order valence-electron chi connectivity index (χ3n) is 5.71. The maximum Gasteiger partial charge on any atom is 0.283 e. The van der Waals surface area contributed by atoms with E-state index < -0.39 is 0 Å². The minimum Gasteiger partial charge on any atom is -0.497 e. The summed E-state index contributed by atoms with van der Waals surface area (Å²) >= 11 is 1.28. The van der Waals surface area contributed by atoms with Crippen molar-refractivity contribution in [3.8, 4) is 5.75 Å². The minimum atomic E-state index is -0.275. The molecule has 1 amide bonds. The number of carbonyl (C=O) groups excluding carboxylic acids is 1. The fourth-order valence-electron chi connectivity index (χ4n) is 3.79. The van der Waals surface area contributed by atoms with E-state index >= 15 is 0 Å². The minimum absolute atomic E-state index is 0.243. The lowest BCUT2D eigenvalue weighted by Crippen LogP contribution is -2.23. The fraction of sp³-hybridized carbons (Fsp3) is 0.154. The Morgan fingerprint density at radius 3 is 2.66 bits per heavy atom. The largest absolute Gasteiger partial charge is 0.497 e. The van der Waals surface area contributed by atoms with Gasteiger partial charge in [-0.3, -0.25) is 9.59 Å². The zero-order valence-corrected chi connectivity index (χ0v) is 20.1. The first kappa shape index (κ1) is 22.5. The number of fused-ring (bicyclic) bond motifs is 2. The Morgan fingerprint density at radius 2 is 1.89 bits per heavy atom. The summed E-state index contributed by atoms with van der Waals surface area (Å²) < 4.78 is 6.46. The van der Waals surface area contributed by atoms with Crippen molar-refractivity contribution in [1.29, 1.82) is 0 Å². The highest BCUT2D eigenvalue weighted by atomic mass is 32.1. The molecular formula is C26H23N5O3S. The Balaban J connectivity index is 1.40. The van der Waals surface area contributed by atoms with Gasteiger partial charge in [0, 0.05) is 17.8 Å². The number of benzene rings is 3. The first-order valence-corrected chi connectivity index (χ1v) is 12.0. The van der Waals surface area contributed by atoms with Gasteiger partial charge in [0.2, 0.25) is 10.1 Å². The number of amides is 1. The fourth-order valence-corrected chi connectivity index (χ4v) is 4.60. The molecule has 5 rings (SSSR count). The van der Waals surface area contributed by atoms with Gasteiger partial charge < -0.3 is 15.4 Å². The molecule has 0 saturated carbocycles. The van der Waals surface area contributed by atoms with Crippen molar-refractivity contribution < 1.29 is 9.53 Å². The van der Waals surface area contributed by atoms with Gasteiger partial charge in [0.15, 0.2) is 0 Å². The third-order valence-corrected chi connectivity index (χ3v) is 6.53.